The summed E-state index contributed by atoms with van der Waals surface area (Å²) in [5.41, 5.74) is 0.878. The average Bonchev–Trinajstić information content (AvgIpc) is 2.48. The van der Waals surface area contributed by atoms with Crippen LogP contribution in [0.2, 0.25) is 0 Å². The van der Waals surface area contributed by atoms with E-state index in [1.807, 2.05) is 0 Å². The summed E-state index contributed by atoms with van der Waals surface area (Å²) in [5, 5.41) is 22.4. The molecule has 1 heterocycles. The molecule has 0 spiro atoms. The van der Waals surface area contributed by atoms with Gasteiger partial charge in [0.1, 0.15) is 0 Å². The number of hydrogen-bond acceptors (Lipinski definition) is 5. The molecule has 0 bridgehead atoms. The normalized spacial score (nSPS) is 10.1. The minimum Gasteiger partial charge on any atom is -0.392 e. The molecule has 0 radical (unpaired) electrons. The molecule has 2 aromatic rings. The number of non-ortho nitro benzene ring substituents is 1. The lowest BCUT2D eigenvalue weighted by Gasteiger charge is -2.08. The highest BCUT2D eigenvalue weighted by atomic mass is 16.6. The smallest absolute Gasteiger partial charge is 0.270 e. The van der Waals surface area contributed by atoms with Gasteiger partial charge in [-0.3, -0.25) is 19.9 Å². The van der Waals surface area contributed by atoms with Crippen LogP contribution in [0.5, 0.6) is 0 Å². The number of hydrogen-bond donors (Lipinski definition) is 2. The second-order valence-corrected chi connectivity index (χ2v) is 3.95. The van der Waals surface area contributed by atoms with E-state index in [2.05, 4.69) is 10.3 Å². The maximum Gasteiger partial charge on any atom is 0.270 e. The van der Waals surface area contributed by atoms with Crippen molar-refractivity contribution in [1.82, 2.24) is 4.98 Å². The quantitative estimate of drug-likeness (QED) is 0.652. The minimum atomic E-state index is -0.569. The number of aromatic nitrogens is 1. The van der Waals surface area contributed by atoms with Gasteiger partial charge in [-0.05, 0) is 12.1 Å². The molecule has 2 rings (SSSR count). The van der Waals surface area contributed by atoms with Gasteiger partial charge in [0.15, 0.2) is 0 Å². The number of pyridine rings is 1. The molecule has 7 nitrogen and oxygen atoms in total. The number of rotatable bonds is 4. The van der Waals surface area contributed by atoms with Gasteiger partial charge < -0.3 is 10.4 Å². The Morgan fingerprint density at radius 2 is 2.20 bits per heavy atom. The first-order valence-electron chi connectivity index (χ1n) is 5.71. The molecule has 0 atom stereocenters. The SMILES string of the molecule is O=C(Nc1cnccc1CO)c1cccc([N+](=O)[O-])c1. The highest BCUT2D eigenvalue weighted by Gasteiger charge is 2.12. The van der Waals surface area contributed by atoms with Crippen LogP contribution in [-0.2, 0) is 6.61 Å². The lowest BCUT2D eigenvalue weighted by Crippen LogP contribution is -2.13. The van der Waals surface area contributed by atoms with E-state index < -0.39 is 10.8 Å². The van der Waals surface area contributed by atoms with Gasteiger partial charge in [0, 0.05) is 29.5 Å². The fourth-order valence-electron chi connectivity index (χ4n) is 1.63. The highest BCUT2D eigenvalue weighted by molar-refractivity contribution is 6.04. The van der Waals surface area contributed by atoms with Gasteiger partial charge >= 0.3 is 0 Å². The number of nitro groups is 1. The summed E-state index contributed by atoms with van der Waals surface area (Å²) in [6, 6.07) is 6.97. The van der Waals surface area contributed by atoms with Crippen molar-refractivity contribution in [2.75, 3.05) is 5.32 Å². The molecule has 0 saturated carbocycles. The van der Waals surface area contributed by atoms with Crippen molar-refractivity contribution in [1.29, 1.82) is 0 Å². The summed E-state index contributed by atoms with van der Waals surface area (Å²) in [6.07, 6.45) is 2.90. The molecule has 1 amide bonds. The zero-order valence-electron chi connectivity index (χ0n) is 10.3. The number of carbonyl (C=O) groups is 1. The first-order chi connectivity index (χ1) is 9.61. The predicted octanol–water partition coefficient (Wildman–Crippen LogP) is 1.73. The second-order valence-electron chi connectivity index (χ2n) is 3.95. The molecule has 0 unspecified atom stereocenters. The minimum absolute atomic E-state index is 0.159. The van der Waals surface area contributed by atoms with Crippen LogP contribution in [0.4, 0.5) is 11.4 Å². The molecule has 0 aliphatic heterocycles. The van der Waals surface area contributed by atoms with Crippen LogP contribution in [0, 0.1) is 10.1 Å². The van der Waals surface area contributed by atoms with Crippen molar-refractivity contribution in [2.24, 2.45) is 0 Å². The molecule has 1 aromatic heterocycles. The molecular weight excluding hydrogens is 262 g/mol. The lowest BCUT2D eigenvalue weighted by molar-refractivity contribution is -0.384. The third-order valence-corrected chi connectivity index (χ3v) is 2.65. The predicted molar refractivity (Wildman–Crippen MR) is 71.2 cm³/mol. The van der Waals surface area contributed by atoms with Crippen molar-refractivity contribution in [3.8, 4) is 0 Å². The zero-order valence-corrected chi connectivity index (χ0v) is 10.3. The topological polar surface area (TPSA) is 105 Å². The molecule has 1 aromatic carbocycles. The molecule has 0 aliphatic carbocycles. The first-order valence-corrected chi connectivity index (χ1v) is 5.71. The van der Waals surface area contributed by atoms with Crippen LogP contribution in [-0.4, -0.2) is 20.9 Å². The van der Waals surface area contributed by atoms with E-state index in [0.29, 0.717) is 11.3 Å². The van der Waals surface area contributed by atoms with Crippen LogP contribution in [0.25, 0.3) is 0 Å². The Balaban J connectivity index is 2.24. The number of aliphatic hydroxyl groups excluding tert-OH is 1. The molecule has 0 aliphatic rings. The Morgan fingerprint density at radius 1 is 1.40 bits per heavy atom. The summed E-state index contributed by atoms with van der Waals surface area (Å²) >= 11 is 0. The molecule has 7 heteroatoms. The molecule has 102 valence electrons. The van der Waals surface area contributed by atoms with E-state index in [0.717, 1.165) is 0 Å². The fraction of sp³-hybridized carbons (Fsp3) is 0.0769. The summed E-state index contributed by atoms with van der Waals surface area (Å²) in [6.45, 7) is -0.243. The van der Waals surface area contributed by atoms with E-state index in [1.165, 1.54) is 36.7 Å². The van der Waals surface area contributed by atoms with Crippen molar-refractivity contribution in [3.05, 3.63) is 64.0 Å². The number of benzene rings is 1. The summed E-state index contributed by atoms with van der Waals surface area (Å²) in [7, 11) is 0. The zero-order chi connectivity index (χ0) is 14.5. The van der Waals surface area contributed by atoms with Crippen molar-refractivity contribution in [3.63, 3.8) is 0 Å². The number of aliphatic hydroxyl groups is 1. The van der Waals surface area contributed by atoms with Gasteiger partial charge in [0.05, 0.1) is 23.4 Å². The number of amides is 1. The van der Waals surface area contributed by atoms with E-state index in [1.54, 1.807) is 6.07 Å². The maximum atomic E-state index is 12.0. The summed E-state index contributed by atoms with van der Waals surface area (Å²) in [5.74, 6) is -0.503. The van der Waals surface area contributed by atoms with Gasteiger partial charge in [-0.15, -0.1) is 0 Å². The van der Waals surface area contributed by atoms with E-state index in [-0.39, 0.29) is 17.9 Å². The monoisotopic (exact) mass is 273 g/mol. The standard InChI is InChI=1S/C13H11N3O4/c17-8-10-4-5-14-7-12(10)15-13(18)9-2-1-3-11(6-9)16(19)20/h1-7,17H,8H2,(H,15,18). The maximum absolute atomic E-state index is 12.0. The molecular formula is C13H11N3O4. The van der Waals surface area contributed by atoms with Crippen LogP contribution in [0.15, 0.2) is 42.7 Å². The first kappa shape index (κ1) is 13.6. The van der Waals surface area contributed by atoms with E-state index >= 15 is 0 Å². The van der Waals surface area contributed by atoms with Crippen molar-refractivity contribution >= 4 is 17.3 Å². The number of nitro benzene ring substituents is 1. The number of carbonyl (C=O) groups excluding carboxylic acids is 1. The summed E-state index contributed by atoms with van der Waals surface area (Å²) < 4.78 is 0. The summed E-state index contributed by atoms with van der Waals surface area (Å²) in [4.78, 5) is 26.0. The Kier molecular flexibility index (Phi) is 4.02. The highest BCUT2D eigenvalue weighted by Crippen LogP contribution is 2.17. The van der Waals surface area contributed by atoms with Crippen molar-refractivity contribution in [2.45, 2.75) is 6.61 Å². The van der Waals surface area contributed by atoms with Crippen LogP contribution < -0.4 is 5.32 Å². The van der Waals surface area contributed by atoms with Crippen LogP contribution in [0.3, 0.4) is 0 Å². The number of anilines is 1. The second kappa shape index (κ2) is 5.89. The van der Waals surface area contributed by atoms with Gasteiger partial charge in [-0.1, -0.05) is 6.07 Å². The number of nitrogens with one attached hydrogen (secondary N) is 1. The molecule has 20 heavy (non-hydrogen) atoms. The molecule has 2 N–H and O–H groups in total. The van der Waals surface area contributed by atoms with Gasteiger partial charge in [-0.25, -0.2) is 0 Å². The van der Waals surface area contributed by atoms with Gasteiger partial charge in [0.2, 0.25) is 0 Å². The van der Waals surface area contributed by atoms with Crippen LogP contribution >= 0.6 is 0 Å². The number of nitrogens with zero attached hydrogens (tertiary/aromatic N) is 2. The Labute approximate surface area is 114 Å². The average molecular weight is 273 g/mol. The molecule has 0 fully saturated rings. The molecule has 0 saturated heterocycles. The van der Waals surface area contributed by atoms with Crippen molar-refractivity contribution < 1.29 is 14.8 Å². The Morgan fingerprint density at radius 3 is 2.90 bits per heavy atom. The van der Waals surface area contributed by atoms with E-state index in [4.69, 9.17) is 5.11 Å². The third kappa shape index (κ3) is 2.96. The van der Waals surface area contributed by atoms with Gasteiger partial charge in [-0.2, -0.15) is 0 Å². The Bertz CT molecular complexity index is 658. The van der Waals surface area contributed by atoms with Gasteiger partial charge in [0.25, 0.3) is 11.6 Å². The lowest BCUT2D eigenvalue weighted by atomic mass is 10.1. The van der Waals surface area contributed by atoms with Crippen LogP contribution in [0.1, 0.15) is 15.9 Å². The van der Waals surface area contributed by atoms with E-state index in [9.17, 15) is 14.9 Å². The third-order valence-electron chi connectivity index (χ3n) is 2.65. The largest absolute Gasteiger partial charge is 0.392 e. The fourth-order valence-corrected chi connectivity index (χ4v) is 1.63. The Hall–Kier alpha value is -2.80.